The van der Waals surface area contributed by atoms with Crippen molar-refractivity contribution < 1.29 is 0 Å². The van der Waals surface area contributed by atoms with E-state index in [-0.39, 0.29) is 5.41 Å². The molecule has 13 rings (SSSR count). The molecule has 0 N–H and O–H groups in total. The van der Waals surface area contributed by atoms with Crippen molar-refractivity contribution in [3.8, 4) is 84.1 Å². The lowest BCUT2D eigenvalue weighted by Crippen LogP contribution is -2.28. The van der Waals surface area contributed by atoms with Crippen LogP contribution in [0.5, 0.6) is 0 Å². The summed E-state index contributed by atoms with van der Waals surface area (Å²) in [5.41, 5.74) is 23.1. The van der Waals surface area contributed by atoms with Gasteiger partial charge in [0.1, 0.15) is 0 Å². The van der Waals surface area contributed by atoms with Crippen molar-refractivity contribution in [1.82, 2.24) is 14.5 Å². The Labute approximate surface area is 423 Å². The molecular formula is C69H57N3. The number of benzene rings is 9. The van der Waals surface area contributed by atoms with Crippen LogP contribution in [0.4, 0.5) is 0 Å². The lowest BCUT2D eigenvalue weighted by molar-refractivity contribution is 0.353. The third-order valence-corrected chi connectivity index (χ3v) is 15.8. The number of rotatable bonds is 11. The summed E-state index contributed by atoms with van der Waals surface area (Å²) in [6.45, 7) is 2.28. The molecule has 9 aromatic carbocycles. The van der Waals surface area contributed by atoms with Gasteiger partial charge in [0, 0.05) is 38.6 Å². The van der Waals surface area contributed by atoms with Crippen LogP contribution < -0.4 is 0 Å². The molecule has 11 aromatic rings. The highest BCUT2D eigenvalue weighted by Gasteiger charge is 2.44. The number of hydrogen-bond acceptors (Lipinski definition) is 2. The second-order valence-electron chi connectivity index (χ2n) is 20.2. The molecule has 2 heterocycles. The molecule has 1 saturated carbocycles. The van der Waals surface area contributed by atoms with Gasteiger partial charge in [-0.3, -0.25) is 0 Å². The third-order valence-electron chi connectivity index (χ3n) is 15.8. The lowest BCUT2D eigenvalue weighted by Gasteiger charge is -2.36. The van der Waals surface area contributed by atoms with Crippen molar-refractivity contribution in [2.75, 3.05) is 0 Å². The maximum absolute atomic E-state index is 5.25. The minimum atomic E-state index is 0.00719. The van der Waals surface area contributed by atoms with E-state index in [1.54, 1.807) is 0 Å². The standard InChI is InChI=1S/C69H57N3/c1-2-3-7-19-47-20-16-25-52(40-47)54-27-18-29-57(42-54)72-66-31-13-12-30-58(66)61-44-63-60(45-67(61)72)59-43-55(36-37-62(59)69(63)38-14-6-15-39-69)53-26-17-28-56(41-53)65-46-64(70-68(71-65)51-23-10-5-11-24-51)50-34-32-49(33-35-50)48-21-8-4-9-22-48/h4-5,8-13,16-18,20-37,40-46H,2-3,6-7,14-15,19,38-39H2,1H3. The minimum Gasteiger partial charge on any atom is -0.309 e. The van der Waals surface area contributed by atoms with Crippen LogP contribution in [0.15, 0.2) is 218 Å². The zero-order chi connectivity index (χ0) is 48.0. The highest BCUT2D eigenvalue weighted by atomic mass is 15.0. The summed E-state index contributed by atoms with van der Waals surface area (Å²) in [6, 6.07) is 80.7. The van der Waals surface area contributed by atoms with Crippen LogP contribution >= 0.6 is 0 Å². The van der Waals surface area contributed by atoms with E-state index in [2.05, 4.69) is 224 Å². The molecule has 348 valence electrons. The van der Waals surface area contributed by atoms with E-state index in [9.17, 15) is 0 Å². The van der Waals surface area contributed by atoms with Crippen LogP contribution in [-0.4, -0.2) is 14.5 Å². The first kappa shape index (κ1) is 43.8. The first-order chi connectivity index (χ1) is 35.6. The van der Waals surface area contributed by atoms with Gasteiger partial charge in [0.05, 0.1) is 22.4 Å². The molecule has 2 aliphatic rings. The molecule has 1 spiro atoms. The van der Waals surface area contributed by atoms with E-state index in [0.29, 0.717) is 0 Å². The van der Waals surface area contributed by atoms with E-state index in [1.165, 1.54) is 140 Å². The Hall–Kier alpha value is -8.14. The predicted octanol–water partition coefficient (Wildman–Crippen LogP) is 18.5. The molecular weight excluding hydrogens is 871 g/mol. The summed E-state index contributed by atoms with van der Waals surface area (Å²) in [4.78, 5) is 10.4. The van der Waals surface area contributed by atoms with Crippen LogP contribution in [-0.2, 0) is 11.8 Å². The number of aromatic nitrogens is 3. The zero-order valence-corrected chi connectivity index (χ0v) is 41.0. The molecule has 1 fully saturated rings. The normalized spacial score (nSPS) is 13.7. The van der Waals surface area contributed by atoms with Crippen LogP contribution in [0, 0.1) is 0 Å². The van der Waals surface area contributed by atoms with Gasteiger partial charge in [0.2, 0.25) is 0 Å². The summed E-state index contributed by atoms with van der Waals surface area (Å²) >= 11 is 0. The fourth-order valence-electron chi connectivity index (χ4n) is 12.2. The molecule has 0 atom stereocenters. The molecule has 0 saturated heterocycles. The Morgan fingerprint density at radius 3 is 1.79 bits per heavy atom. The van der Waals surface area contributed by atoms with Gasteiger partial charge >= 0.3 is 0 Å². The molecule has 2 aromatic heterocycles. The monoisotopic (exact) mass is 927 g/mol. The number of aryl methyl sites for hydroxylation is 1. The molecule has 0 aliphatic heterocycles. The maximum Gasteiger partial charge on any atom is 0.160 e. The summed E-state index contributed by atoms with van der Waals surface area (Å²) in [5.74, 6) is 0.718. The molecule has 0 unspecified atom stereocenters. The molecule has 2 aliphatic carbocycles. The Balaban J connectivity index is 0.918. The first-order valence-electron chi connectivity index (χ1n) is 26.2. The van der Waals surface area contributed by atoms with E-state index in [0.717, 1.165) is 40.3 Å². The average Bonchev–Trinajstić information content (AvgIpc) is 3.91. The van der Waals surface area contributed by atoms with Crippen molar-refractivity contribution in [1.29, 1.82) is 0 Å². The first-order valence-corrected chi connectivity index (χ1v) is 26.2. The highest BCUT2D eigenvalue weighted by Crippen LogP contribution is 2.58. The summed E-state index contributed by atoms with van der Waals surface area (Å²) < 4.78 is 2.52. The van der Waals surface area contributed by atoms with E-state index in [4.69, 9.17) is 9.97 Å². The molecule has 72 heavy (non-hydrogen) atoms. The van der Waals surface area contributed by atoms with Gasteiger partial charge in [-0.2, -0.15) is 0 Å². The number of fused-ring (bicyclic) bond motifs is 8. The SMILES string of the molecule is CCCCCc1cccc(-c2cccc(-n3c4ccccc4c4cc5c(cc43)-c3cc(-c4cccc(-c6cc(-c7ccc(-c8ccccc8)cc7)nc(-c7ccccc7)n6)c4)ccc3C53CCCCC3)c2)c1. The van der Waals surface area contributed by atoms with Crippen molar-refractivity contribution >= 4 is 21.8 Å². The third kappa shape index (κ3) is 7.85. The topological polar surface area (TPSA) is 30.7 Å². The van der Waals surface area contributed by atoms with E-state index >= 15 is 0 Å². The van der Waals surface area contributed by atoms with Gasteiger partial charge in [-0.15, -0.1) is 0 Å². The van der Waals surface area contributed by atoms with Crippen molar-refractivity contribution in [2.45, 2.75) is 70.1 Å². The van der Waals surface area contributed by atoms with Crippen molar-refractivity contribution in [3.05, 3.63) is 235 Å². The van der Waals surface area contributed by atoms with Gasteiger partial charge in [-0.05, 0) is 135 Å². The second kappa shape index (κ2) is 18.6. The fourth-order valence-corrected chi connectivity index (χ4v) is 12.2. The fraction of sp³-hybridized carbons (Fsp3) is 0.159. The molecule has 0 bridgehead atoms. The Bertz CT molecular complexity index is 3780. The zero-order valence-electron chi connectivity index (χ0n) is 41.0. The largest absolute Gasteiger partial charge is 0.309 e. The predicted molar refractivity (Wildman–Crippen MR) is 302 cm³/mol. The smallest absolute Gasteiger partial charge is 0.160 e. The highest BCUT2D eigenvalue weighted by molar-refractivity contribution is 6.11. The molecule has 3 nitrogen and oxygen atoms in total. The van der Waals surface area contributed by atoms with Gasteiger partial charge in [-0.1, -0.05) is 209 Å². The van der Waals surface area contributed by atoms with Crippen LogP contribution in [0.2, 0.25) is 0 Å². The van der Waals surface area contributed by atoms with Crippen LogP contribution in [0.25, 0.3) is 106 Å². The maximum atomic E-state index is 5.25. The van der Waals surface area contributed by atoms with Crippen molar-refractivity contribution in [2.24, 2.45) is 0 Å². The Morgan fingerprint density at radius 2 is 1.00 bits per heavy atom. The summed E-state index contributed by atoms with van der Waals surface area (Å²) in [5, 5.41) is 2.65. The number of nitrogens with zero attached hydrogens (tertiary/aromatic N) is 3. The second-order valence-corrected chi connectivity index (χ2v) is 20.2. The van der Waals surface area contributed by atoms with Gasteiger partial charge < -0.3 is 4.57 Å². The van der Waals surface area contributed by atoms with Crippen molar-refractivity contribution in [3.63, 3.8) is 0 Å². The summed E-state index contributed by atoms with van der Waals surface area (Å²) in [7, 11) is 0. The van der Waals surface area contributed by atoms with E-state index in [1.807, 2.05) is 6.07 Å². The number of unbranched alkanes of at least 4 members (excludes halogenated alkanes) is 2. The van der Waals surface area contributed by atoms with Gasteiger partial charge in [0.15, 0.2) is 5.82 Å². The van der Waals surface area contributed by atoms with Crippen LogP contribution in [0.3, 0.4) is 0 Å². The Kier molecular flexibility index (Phi) is 11.3. The summed E-state index contributed by atoms with van der Waals surface area (Å²) in [6.07, 6.45) is 11.0. The van der Waals surface area contributed by atoms with E-state index < -0.39 is 0 Å². The minimum absolute atomic E-state index is 0.00719. The number of para-hydroxylation sites is 1. The van der Waals surface area contributed by atoms with Crippen LogP contribution in [0.1, 0.15) is 75.0 Å². The van der Waals surface area contributed by atoms with Gasteiger partial charge in [0.25, 0.3) is 0 Å². The lowest BCUT2D eigenvalue weighted by atomic mass is 9.67. The quantitative estimate of drug-likeness (QED) is 0.121. The number of hydrogen-bond donors (Lipinski definition) is 0. The molecule has 3 heteroatoms. The average molecular weight is 928 g/mol. The van der Waals surface area contributed by atoms with Gasteiger partial charge in [-0.25, -0.2) is 9.97 Å². The Morgan fingerprint density at radius 1 is 0.403 bits per heavy atom. The molecule has 0 radical (unpaired) electrons. The molecule has 0 amide bonds.